The first kappa shape index (κ1) is 18.4. The van der Waals surface area contributed by atoms with Gasteiger partial charge in [0.05, 0.1) is 6.54 Å². The molecule has 1 aromatic heterocycles. The van der Waals surface area contributed by atoms with E-state index in [1.54, 1.807) is 12.1 Å². The monoisotopic (exact) mass is 363 g/mol. The number of aromatic carboxylic acids is 1. The van der Waals surface area contributed by atoms with E-state index in [0.29, 0.717) is 17.9 Å². The van der Waals surface area contributed by atoms with Crippen molar-refractivity contribution >= 4 is 17.7 Å². The fourth-order valence-electron chi connectivity index (χ4n) is 2.97. The molecule has 2 N–H and O–H groups in total. The third-order valence-corrected chi connectivity index (χ3v) is 4.17. The lowest BCUT2D eigenvalue weighted by atomic mass is 10.1. The Morgan fingerprint density at radius 1 is 0.963 bits per heavy atom. The SMILES string of the molecule is Cc1ccc(C(=O)Nc2cc(C(=O)O)nn2Cc2cc(C)cc(C)c2)cc1. The van der Waals surface area contributed by atoms with Crippen molar-refractivity contribution in [1.82, 2.24) is 9.78 Å². The number of nitrogens with one attached hydrogen (secondary N) is 1. The number of hydrogen-bond acceptors (Lipinski definition) is 3. The van der Waals surface area contributed by atoms with Crippen molar-refractivity contribution < 1.29 is 14.7 Å². The molecule has 3 aromatic rings. The van der Waals surface area contributed by atoms with Crippen molar-refractivity contribution in [2.75, 3.05) is 5.32 Å². The number of benzene rings is 2. The lowest BCUT2D eigenvalue weighted by molar-refractivity contribution is 0.0689. The van der Waals surface area contributed by atoms with Crippen LogP contribution in [0.1, 0.15) is 43.1 Å². The number of aromatic nitrogens is 2. The summed E-state index contributed by atoms with van der Waals surface area (Å²) < 4.78 is 1.50. The van der Waals surface area contributed by atoms with Crippen LogP contribution in [-0.4, -0.2) is 26.8 Å². The second-order valence-corrected chi connectivity index (χ2v) is 6.69. The Morgan fingerprint density at radius 2 is 1.59 bits per heavy atom. The number of aryl methyl sites for hydroxylation is 3. The molecule has 0 aliphatic carbocycles. The molecular formula is C21H21N3O3. The van der Waals surface area contributed by atoms with Crippen LogP contribution in [0.2, 0.25) is 0 Å². The fraction of sp³-hybridized carbons (Fsp3) is 0.190. The average molecular weight is 363 g/mol. The second-order valence-electron chi connectivity index (χ2n) is 6.69. The van der Waals surface area contributed by atoms with Gasteiger partial charge in [-0.15, -0.1) is 0 Å². The van der Waals surface area contributed by atoms with Crippen molar-refractivity contribution in [3.05, 3.63) is 82.0 Å². The number of carbonyl (C=O) groups is 2. The molecule has 6 nitrogen and oxygen atoms in total. The van der Waals surface area contributed by atoms with E-state index in [-0.39, 0.29) is 11.6 Å². The molecule has 0 aliphatic heterocycles. The minimum Gasteiger partial charge on any atom is -0.476 e. The summed E-state index contributed by atoms with van der Waals surface area (Å²) in [6, 6.07) is 14.6. The van der Waals surface area contributed by atoms with Crippen molar-refractivity contribution in [1.29, 1.82) is 0 Å². The Balaban J connectivity index is 1.90. The van der Waals surface area contributed by atoms with Gasteiger partial charge in [-0.2, -0.15) is 5.10 Å². The van der Waals surface area contributed by atoms with E-state index in [1.165, 1.54) is 10.7 Å². The maximum absolute atomic E-state index is 12.5. The van der Waals surface area contributed by atoms with Gasteiger partial charge in [-0.3, -0.25) is 4.79 Å². The largest absolute Gasteiger partial charge is 0.476 e. The van der Waals surface area contributed by atoms with Gasteiger partial charge < -0.3 is 10.4 Å². The van der Waals surface area contributed by atoms with Crippen molar-refractivity contribution in [3.63, 3.8) is 0 Å². The molecule has 0 spiro atoms. The average Bonchev–Trinajstić information content (AvgIpc) is 2.97. The number of hydrogen-bond donors (Lipinski definition) is 2. The number of nitrogens with zero attached hydrogens (tertiary/aromatic N) is 2. The van der Waals surface area contributed by atoms with Gasteiger partial charge in [-0.1, -0.05) is 47.0 Å². The van der Waals surface area contributed by atoms with Crippen molar-refractivity contribution in [2.24, 2.45) is 0 Å². The fourth-order valence-corrected chi connectivity index (χ4v) is 2.97. The first-order valence-electron chi connectivity index (χ1n) is 8.58. The molecule has 0 saturated heterocycles. The van der Waals surface area contributed by atoms with Gasteiger partial charge in [0.1, 0.15) is 5.82 Å². The topological polar surface area (TPSA) is 84.2 Å². The highest BCUT2D eigenvalue weighted by Crippen LogP contribution is 2.17. The predicted octanol–water partition coefficient (Wildman–Crippen LogP) is 3.81. The molecule has 3 rings (SSSR count). The third-order valence-electron chi connectivity index (χ3n) is 4.17. The van der Waals surface area contributed by atoms with Crippen LogP contribution in [0.15, 0.2) is 48.5 Å². The Labute approximate surface area is 157 Å². The van der Waals surface area contributed by atoms with E-state index in [0.717, 1.165) is 22.3 Å². The van der Waals surface area contributed by atoms with E-state index in [2.05, 4.69) is 16.5 Å². The molecule has 0 saturated carbocycles. The van der Waals surface area contributed by atoms with Crippen LogP contribution in [0.4, 0.5) is 5.82 Å². The number of rotatable bonds is 5. The Morgan fingerprint density at radius 3 is 2.19 bits per heavy atom. The van der Waals surface area contributed by atoms with E-state index >= 15 is 0 Å². The second kappa shape index (κ2) is 7.45. The highest BCUT2D eigenvalue weighted by Gasteiger charge is 2.16. The molecule has 6 heteroatoms. The lowest BCUT2D eigenvalue weighted by Crippen LogP contribution is -2.16. The smallest absolute Gasteiger partial charge is 0.356 e. The minimum atomic E-state index is -1.14. The quantitative estimate of drug-likeness (QED) is 0.722. The summed E-state index contributed by atoms with van der Waals surface area (Å²) in [5, 5.41) is 16.2. The summed E-state index contributed by atoms with van der Waals surface area (Å²) in [5.41, 5.74) is 4.65. The molecule has 0 radical (unpaired) electrons. The zero-order valence-corrected chi connectivity index (χ0v) is 15.5. The number of anilines is 1. The van der Waals surface area contributed by atoms with Crippen LogP contribution in [0.25, 0.3) is 0 Å². The van der Waals surface area contributed by atoms with E-state index in [9.17, 15) is 14.7 Å². The van der Waals surface area contributed by atoms with Crippen LogP contribution in [-0.2, 0) is 6.54 Å². The predicted molar refractivity (Wildman–Crippen MR) is 103 cm³/mol. The van der Waals surface area contributed by atoms with Gasteiger partial charge in [-0.05, 0) is 38.5 Å². The first-order valence-corrected chi connectivity index (χ1v) is 8.58. The molecule has 2 aromatic carbocycles. The van der Waals surface area contributed by atoms with Crippen molar-refractivity contribution in [3.8, 4) is 0 Å². The number of carboxylic acid groups (broad SMARTS) is 1. The summed E-state index contributed by atoms with van der Waals surface area (Å²) in [7, 11) is 0. The van der Waals surface area contributed by atoms with Gasteiger partial charge >= 0.3 is 5.97 Å². The van der Waals surface area contributed by atoms with Crippen LogP contribution in [0.3, 0.4) is 0 Å². The lowest BCUT2D eigenvalue weighted by Gasteiger charge is -2.10. The molecule has 138 valence electrons. The van der Waals surface area contributed by atoms with Gasteiger partial charge in [0.15, 0.2) is 5.69 Å². The molecule has 27 heavy (non-hydrogen) atoms. The van der Waals surface area contributed by atoms with Gasteiger partial charge in [0.25, 0.3) is 5.91 Å². The van der Waals surface area contributed by atoms with Crippen LogP contribution >= 0.6 is 0 Å². The Bertz CT molecular complexity index is 984. The molecule has 1 heterocycles. The Kier molecular flexibility index (Phi) is 5.07. The summed E-state index contributed by atoms with van der Waals surface area (Å²) >= 11 is 0. The summed E-state index contributed by atoms with van der Waals surface area (Å²) in [5.74, 6) is -1.11. The summed E-state index contributed by atoms with van der Waals surface area (Å²) in [4.78, 5) is 23.8. The molecule has 1 amide bonds. The Hall–Kier alpha value is -3.41. The molecule has 0 unspecified atom stereocenters. The van der Waals surface area contributed by atoms with Crippen LogP contribution in [0, 0.1) is 20.8 Å². The molecule has 0 aliphatic rings. The molecule has 0 bridgehead atoms. The third kappa shape index (κ3) is 4.41. The molecule has 0 atom stereocenters. The van der Waals surface area contributed by atoms with Crippen LogP contribution < -0.4 is 5.32 Å². The molecular weight excluding hydrogens is 342 g/mol. The summed E-state index contributed by atoms with van der Waals surface area (Å²) in [6.07, 6.45) is 0. The number of carbonyl (C=O) groups excluding carboxylic acids is 1. The first-order chi connectivity index (χ1) is 12.8. The van der Waals surface area contributed by atoms with Gasteiger partial charge in [0.2, 0.25) is 0 Å². The van der Waals surface area contributed by atoms with Gasteiger partial charge in [0, 0.05) is 11.6 Å². The maximum Gasteiger partial charge on any atom is 0.356 e. The maximum atomic E-state index is 12.5. The van der Waals surface area contributed by atoms with E-state index in [4.69, 9.17) is 0 Å². The van der Waals surface area contributed by atoms with Crippen LogP contribution in [0.5, 0.6) is 0 Å². The summed E-state index contributed by atoms with van der Waals surface area (Å²) in [6.45, 7) is 6.31. The van der Waals surface area contributed by atoms with Crippen molar-refractivity contribution in [2.45, 2.75) is 27.3 Å². The molecule has 0 fully saturated rings. The number of amides is 1. The highest BCUT2D eigenvalue weighted by molar-refractivity contribution is 6.04. The van der Waals surface area contributed by atoms with E-state index in [1.807, 2.05) is 45.0 Å². The highest BCUT2D eigenvalue weighted by atomic mass is 16.4. The number of carboxylic acids is 1. The van der Waals surface area contributed by atoms with Gasteiger partial charge in [-0.25, -0.2) is 9.48 Å². The van der Waals surface area contributed by atoms with E-state index < -0.39 is 5.97 Å². The minimum absolute atomic E-state index is 0.112. The standard InChI is InChI=1S/C21H21N3O3/c1-13-4-6-17(7-5-13)20(25)22-19-11-18(21(26)27)23-24(19)12-16-9-14(2)8-15(3)10-16/h4-11H,12H2,1-3H3,(H,22,25)(H,26,27). The zero-order chi connectivity index (χ0) is 19.6. The normalized spacial score (nSPS) is 10.6. The zero-order valence-electron chi connectivity index (χ0n) is 15.5.